The predicted molar refractivity (Wildman–Crippen MR) is 72.2 cm³/mol. The Morgan fingerprint density at radius 3 is 2.79 bits per heavy atom. The number of esters is 1. The van der Waals surface area contributed by atoms with E-state index in [0.717, 1.165) is 17.5 Å². The van der Waals surface area contributed by atoms with Crippen LogP contribution in [0.5, 0.6) is 0 Å². The molecule has 0 aromatic heterocycles. The van der Waals surface area contributed by atoms with Gasteiger partial charge in [-0.3, -0.25) is 0 Å². The van der Waals surface area contributed by atoms with E-state index in [-0.39, 0.29) is 12.1 Å². The van der Waals surface area contributed by atoms with Gasteiger partial charge in [0, 0.05) is 5.56 Å². The molecule has 1 aliphatic carbocycles. The lowest BCUT2D eigenvalue weighted by molar-refractivity contribution is 0.0455. The minimum atomic E-state index is -0.227. The number of fused-ring (bicyclic) bond motifs is 2. The zero-order valence-corrected chi connectivity index (χ0v) is 10.6. The Bertz CT molecular complexity index is 673. The zero-order chi connectivity index (χ0) is 12.8. The van der Waals surface area contributed by atoms with Crippen LogP contribution >= 0.6 is 0 Å². The van der Waals surface area contributed by atoms with Crippen LogP contribution in [0.4, 0.5) is 0 Å². The van der Waals surface area contributed by atoms with Crippen molar-refractivity contribution in [3.05, 3.63) is 70.3 Å². The number of carbonyl (C=O) groups is 1. The number of aryl methyl sites for hydroxylation is 2. The molecule has 0 fully saturated rings. The van der Waals surface area contributed by atoms with Gasteiger partial charge >= 0.3 is 5.97 Å². The molecule has 4 rings (SSSR count). The molecule has 0 radical (unpaired) electrons. The molecule has 0 N–H and O–H groups in total. The number of hydrogen-bond acceptors (Lipinski definition) is 2. The number of benzene rings is 2. The Morgan fingerprint density at radius 1 is 1.00 bits per heavy atom. The summed E-state index contributed by atoms with van der Waals surface area (Å²) >= 11 is 0. The van der Waals surface area contributed by atoms with Gasteiger partial charge in [0.05, 0.1) is 5.56 Å². The number of hydrogen-bond donors (Lipinski definition) is 0. The first-order valence-electron chi connectivity index (χ1n) is 6.74. The summed E-state index contributed by atoms with van der Waals surface area (Å²) in [7, 11) is 0. The van der Waals surface area contributed by atoms with E-state index < -0.39 is 0 Å². The Balaban J connectivity index is 1.80. The van der Waals surface area contributed by atoms with Crippen molar-refractivity contribution in [3.8, 4) is 0 Å². The summed E-state index contributed by atoms with van der Waals surface area (Å²) in [5.74, 6) is -0.207. The maximum Gasteiger partial charge on any atom is 0.339 e. The van der Waals surface area contributed by atoms with Crippen LogP contribution in [-0.4, -0.2) is 5.97 Å². The highest BCUT2D eigenvalue weighted by molar-refractivity contribution is 5.94. The van der Waals surface area contributed by atoms with Crippen LogP contribution in [0.1, 0.15) is 45.1 Å². The molecule has 2 aromatic rings. The van der Waals surface area contributed by atoms with Crippen molar-refractivity contribution in [3.63, 3.8) is 0 Å². The van der Waals surface area contributed by atoms with Gasteiger partial charge in [-0.1, -0.05) is 36.4 Å². The van der Waals surface area contributed by atoms with Gasteiger partial charge in [-0.15, -0.1) is 0 Å². The molecule has 0 unspecified atom stereocenters. The molecule has 0 spiro atoms. The maximum absolute atomic E-state index is 11.9. The largest absolute Gasteiger partial charge is 0.449 e. The summed E-state index contributed by atoms with van der Waals surface area (Å²) in [6.07, 6.45) is 3.33. The van der Waals surface area contributed by atoms with Gasteiger partial charge < -0.3 is 4.74 Å². The van der Waals surface area contributed by atoms with E-state index in [1.54, 1.807) is 0 Å². The van der Waals surface area contributed by atoms with Crippen LogP contribution < -0.4 is 0 Å². The molecule has 0 bridgehead atoms. The standard InChI is InChI=1S/C17H14O2/c18-17-15-7-2-1-6-14(15)16(19-17)13-9-8-11-4-3-5-12(11)10-13/h1-2,6-10,16H,3-5H2/t16-/m1/s1. The monoisotopic (exact) mass is 250 g/mol. The predicted octanol–water partition coefficient (Wildman–Crippen LogP) is 3.44. The van der Waals surface area contributed by atoms with Crippen LogP contribution in [0.3, 0.4) is 0 Å². The minimum Gasteiger partial charge on any atom is -0.449 e. The van der Waals surface area contributed by atoms with Crippen LogP contribution in [0.2, 0.25) is 0 Å². The van der Waals surface area contributed by atoms with E-state index in [4.69, 9.17) is 4.74 Å². The molecular weight excluding hydrogens is 236 g/mol. The normalized spacial score (nSPS) is 20.0. The van der Waals surface area contributed by atoms with Gasteiger partial charge in [0.2, 0.25) is 0 Å². The summed E-state index contributed by atoms with van der Waals surface area (Å²) in [6, 6.07) is 14.2. The molecular formula is C17H14O2. The fourth-order valence-corrected chi connectivity index (χ4v) is 3.15. The van der Waals surface area contributed by atoms with Crippen molar-refractivity contribution in [2.45, 2.75) is 25.4 Å². The number of carbonyl (C=O) groups excluding carboxylic acids is 1. The average Bonchev–Trinajstić information content (AvgIpc) is 3.03. The molecule has 1 heterocycles. The van der Waals surface area contributed by atoms with Crippen LogP contribution in [-0.2, 0) is 17.6 Å². The van der Waals surface area contributed by atoms with Crippen molar-refractivity contribution in [2.24, 2.45) is 0 Å². The van der Waals surface area contributed by atoms with Crippen molar-refractivity contribution >= 4 is 5.97 Å². The SMILES string of the molecule is O=C1O[C@H](c2ccc3c(c2)CCC3)c2ccccc21. The highest BCUT2D eigenvalue weighted by atomic mass is 16.5. The molecule has 94 valence electrons. The van der Waals surface area contributed by atoms with Gasteiger partial charge in [0.1, 0.15) is 0 Å². The lowest BCUT2D eigenvalue weighted by Gasteiger charge is -2.12. The molecule has 1 aliphatic heterocycles. The van der Waals surface area contributed by atoms with E-state index in [2.05, 4.69) is 18.2 Å². The highest BCUT2D eigenvalue weighted by Crippen LogP contribution is 2.37. The van der Waals surface area contributed by atoms with Gasteiger partial charge in [-0.2, -0.15) is 0 Å². The Morgan fingerprint density at radius 2 is 1.84 bits per heavy atom. The molecule has 19 heavy (non-hydrogen) atoms. The molecule has 0 saturated carbocycles. The fourth-order valence-electron chi connectivity index (χ4n) is 3.15. The van der Waals surface area contributed by atoms with E-state index >= 15 is 0 Å². The van der Waals surface area contributed by atoms with Gasteiger partial charge in [-0.25, -0.2) is 4.79 Å². The fraction of sp³-hybridized carbons (Fsp3) is 0.235. The average molecular weight is 250 g/mol. The van der Waals surface area contributed by atoms with Gasteiger partial charge in [0.15, 0.2) is 6.10 Å². The molecule has 2 nitrogen and oxygen atoms in total. The third-order valence-corrected chi connectivity index (χ3v) is 4.11. The van der Waals surface area contributed by atoms with Crippen LogP contribution in [0.25, 0.3) is 0 Å². The molecule has 2 aromatic carbocycles. The molecule has 2 heteroatoms. The van der Waals surface area contributed by atoms with Crippen molar-refractivity contribution in [1.29, 1.82) is 0 Å². The second-order valence-corrected chi connectivity index (χ2v) is 5.25. The Hall–Kier alpha value is -2.09. The second kappa shape index (κ2) is 3.95. The zero-order valence-electron chi connectivity index (χ0n) is 10.6. The van der Waals surface area contributed by atoms with E-state index in [0.29, 0.717) is 5.56 Å². The van der Waals surface area contributed by atoms with Crippen LogP contribution in [0.15, 0.2) is 42.5 Å². The third-order valence-electron chi connectivity index (χ3n) is 4.11. The van der Waals surface area contributed by atoms with E-state index in [1.165, 1.54) is 24.0 Å². The third kappa shape index (κ3) is 1.60. The summed E-state index contributed by atoms with van der Waals surface area (Å²) in [5.41, 5.74) is 5.65. The number of cyclic esters (lactones) is 1. The number of ether oxygens (including phenoxy) is 1. The first-order chi connectivity index (χ1) is 9.33. The molecule has 1 atom stereocenters. The Kier molecular flexibility index (Phi) is 2.25. The minimum absolute atomic E-state index is 0.207. The summed E-state index contributed by atoms with van der Waals surface area (Å²) in [5, 5.41) is 0. The highest BCUT2D eigenvalue weighted by Gasteiger charge is 2.32. The first kappa shape index (κ1) is 10.8. The molecule has 2 aliphatic rings. The topological polar surface area (TPSA) is 26.3 Å². The molecule has 0 saturated heterocycles. The van der Waals surface area contributed by atoms with E-state index in [1.807, 2.05) is 24.3 Å². The smallest absolute Gasteiger partial charge is 0.339 e. The first-order valence-corrected chi connectivity index (χ1v) is 6.74. The summed E-state index contributed by atoms with van der Waals surface area (Å²) < 4.78 is 5.54. The number of rotatable bonds is 1. The quantitative estimate of drug-likeness (QED) is 0.725. The van der Waals surface area contributed by atoms with E-state index in [9.17, 15) is 4.79 Å². The van der Waals surface area contributed by atoms with Crippen molar-refractivity contribution < 1.29 is 9.53 Å². The van der Waals surface area contributed by atoms with Crippen molar-refractivity contribution in [1.82, 2.24) is 0 Å². The Labute approximate surface area is 112 Å². The molecule has 0 amide bonds. The summed E-state index contributed by atoms with van der Waals surface area (Å²) in [6.45, 7) is 0. The summed E-state index contributed by atoms with van der Waals surface area (Å²) in [4.78, 5) is 11.9. The lowest BCUT2D eigenvalue weighted by atomic mass is 9.97. The van der Waals surface area contributed by atoms with Crippen LogP contribution in [0, 0.1) is 0 Å². The second-order valence-electron chi connectivity index (χ2n) is 5.25. The maximum atomic E-state index is 11.9. The van der Waals surface area contributed by atoms with Gasteiger partial charge in [0.25, 0.3) is 0 Å². The van der Waals surface area contributed by atoms with Gasteiger partial charge in [-0.05, 0) is 42.0 Å². The lowest BCUT2D eigenvalue weighted by Crippen LogP contribution is -2.01. The van der Waals surface area contributed by atoms with Crippen molar-refractivity contribution in [2.75, 3.05) is 0 Å².